The van der Waals surface area contributed by atoms with Crippen molar-refractivity contribution in [2.24, 2.45) is 4.99 Å². The molecule has 1 aromatic carbocycles. The summed E-state index contributed by atoms with van der Waals surface area (Å²) in [7, 11) is 1.72. The lowest BCUT2D eigenvalue weighted by Crippen LogP contribution is -2.46. The van der Waals surface area contributed by atoms with Crippen LogP contribution in [0.3, 0.4) is 0 Å². The molecule has 3 rings (SSSR count). The van der Waals surface area contributed by atoms with E-state index in [2.05, 4.69) is 22.0 Å². The summed E-state index contributed by atoms with van der Waals surface area (Å²) in [5.74, 6) is 0.970. The molecule has 1 N–H and O–H groups in total. The molecule has 8 heteroatoms. The average Bonchev–Trinajstić information content (AvgIpc) is 3.18. The number of nitrogens with one attached hydrogen (secondary N) is 1. The van der Waals surface area contributed by atoms with Crippen molar-refractivity contribution in [1.82, 2.24) is 15.1 Å². The number of hydrogen-bond donors (Lipinski definition) is 1. The van der Waals surface area contributed by atoms with E-state index >= 15 is 0 Å². The Balaban J connectivity index is 0.00000280. The molecule has 0 radical (unpaired) electrons. The number of ether oxygens (including phenoxy) is 2. The predicted octanol–water partition coefficient (Wildman–Crippen LogP) is 3.02. The molecule has 0 bridgehead atoms. The molecule has 2 fully saturated rings. The standard InChI is InChI=1S/C20H31ClN4O2.HI/c1-3-22-20(23-14-19(26-2)16-5-4-6-17(21)13-16)25-8-7-18(15-25)24-9-11-27-12-10-24;/h4-6,13,18-19H,3,7-12,14-15H2,1-2H3,(H,22,23);1H. The number of likely N-dealkylation sites (tertiary alicyclic amines) is 1. The number of morpholine rings is 1. The molecule has 2 aliphatic rings. The van der Waals surface area contributed by atoms with Gasteiger partial charge < -0.3 is 19.7 Å². The molecule has 28 heavy (non-hydrogen) atoms. The maximum atomic E-state index is 6.13. The van der Waals surface area contributed by atoms with Crippen LogP contribution in [0.2, 0.25) is 5.02 Å². The van der Waals surface area contributed by atoms with Gasteiger partial charge in [-0.15, -0.1) is 24.0 Å². The molecule has 158 valence electrons. The smallest absolute Gasteiger partial charge is 0.194 e. The number of halogens is 2. The molecule has 2 heterocycles. The van der Waals surface area contributed by atoms with E-state index in [0.717, 1.165) is 62.5 Å². The Labute approximate surface area is 190 Å². The fourth-order valence-electron chi connectivity index (χ4n) is 3.79. The van der Waals surface area contributed by atoms with Gasteiger partial charge in [-0.1, -0.05) is 23.7 Å². The zero-order chi connectivity index (χ0) is 19.1. The number of guanidine groups is 1. The van der Waals surface area contributed by atoms with E-state index in [1.54, 1.807) is 7.11 Å². The second-order valence-corrected chi connectivity index (χ2v) is 7.45. The van der Waals surface area contributed by atoms with E-state index < -0.39 is 0 Å². The molecule has 0 amide bonds. The van der Waals surface area contributed by atoms with Crippen LogP contribution in [0.1, 0.15) is 25.0 Å². The molecular weight excluding hydrogens is 491 g/mol. The highest BCUT2D eigenvalue weighted by Gasteiger charge is 2.30. The summed E-state index contributed by atoms with van der Waals surface area (Å²) in [5.41, 5.74) is 1.05. The Kier molecular flexibility index (Phi) is 10.3. The van der Waals surface area contributed by atoms with Gasteiger partial charge in [0.1, 0.15) is 6.10 Å². The first-order chi connectivity index (χ1) is 13.2. The van der Waals surface area contributed by atoms with Gasteiger partial charge in [0.2, 0.25) is 0 Å². The molecule has 0 aromatic heterocycles. The number of hydrogen-bond acceptors (Lipinski definition) is 4. The summed E-state index contributed by atoms with van der Waals surface area (Å²) in [6, 6.07) is 8.39. The molecule has 0 aliphatic carbocycles. The number of aliphatic imine (C=N–C) groups is 1. The summed E-state index contributed by atoms with van der Waals surface area (Å²) >= 11 is 6.13. The molecule has 1 aromatic rings. The summed E-state index contributed by atoms with van der Waals surface area (Å²) in [5, 5.41) is 4.16. The summed E-state index contributed by atoms with van der Waals surface area (Å²) < 4.78 is 11.1. The lowest BCUT2D eigenvalue weighted by molar-refractivity contribution is 0.0194. The maximum Gasteiger partial charge on any atom is 0.194 e. The zero-order valence-corrected chi connectivity index (χ0v) is 19.9. The quantitative estimate of drug-likeness (QED) is 0.354. The molecule has 0 saturated carbocycles. The maximum absolute atomic E-state index is 6.13. The first-order valence-electron chi connectivity index (χ1n) is 9.84. The Morgan fingerprint density at radius 3 is 2.82 bits per heavy atom. The van der Waals surface area contributed by atoms with Crippen LogP contribution in [0.25, 0.3) is 0 Å². The topological polar surface area (TPSA) is 49.3 Å². The minimum absolute atomic E-state index is 0. The van der Waals surface area contributed by atoms with Crippen molar-refractivity contribution in [2.45, 2.75) is 25.5 Å². The van der Waals surface area contributed by atoms with Crippen molar-refractivity contribution in [1.29, 1.82) is 0 Å². The number of rotatable bonds is 6. The lowest BCUT2D eigenvalue weighted by Gasteiger charge is -2.32. The third kappa shape index (κ3) is 6.45. The van der Waals surface area contributed by atoms with E-state index in [4.69, 9.17) is 26.1 Å². The molecule has 0 spiro atoms. The first kappa shape index (κ1) is 23.7. The molecule has 2 aliphatic heterocycles. The fourth-order valence-corrected chi connectivity index (χ4v) is 3.99. The summed E-state index contributed by atoms with van der Waals surface area (Å²) in [6.07, 6.45) is 1.07. The van der Waals surface area contributed by atoms with Crippen LogP contribution in [0.4, 0.5) is 0 Å². The van der Waals surface area contributed by atoms with Crippen molar-refractivity contribution in [3.8, 4) is 0 Å². The fraction of sp³-hybridized carbons (Fsp3) is 0.650. The van der Waals surface area contributed by atoms with Crippen LogP contribution in [-0.2, 0) is 9.47 Å². The Hall–Kier alpha value is -0.610. The third-order valence-corrected chi connectivity index (χ3v) is 5.51. The molecular formula is C20H32ClIN4O2. The van der Waals surface area contributed by atoms with Gasteiger partial charge in [-0.25, -0.2) is 0 Å². The molecule has 6 nitrogen and oxygen atoms in total. The van der Waals surface area contributed by atoms with Crippen molar-refractivity contribution >= 4 is 41.5 Å². The number of nitrogens with zero attached hydrogens (tertiary/aromatic N) is 3. The van der Waals surface area contributed by atoms with Crippen molar-refractivity contribution < 1.29 is 9.47 Å². The monoisotopic (exact) mass is 522 g/mol. The van der Waals surface area contributed by atoms with Gasteiger partial charge in [-0.3, -0.25) is 9.89 Å². The Morgan fingerprint density at radius 1 is 1.36 bits per heavy atom. The number of benzene rings is 1. The number of methoxy groups -OCH3 is 1. The van der Waals surface area contributed by atoms with E-state index in [1.165, 1.54) is 6.42 Å². The predicted molar refractivity (Wildman–Crippen MR) is 125 cm³/mol. The second-order valence-electron chi connectivity index (χ2n) is 7.01. The molecule has 2 unspecified atom stereocenters. The Morgan fingerprint density at radius 2 is 2.14 bits per heavy atom. The van der Waals surface area contributed by atoms with Crippen LogP contribution in [0, 0.1) is 0 Å². The minimum Gasteiger partial charge on any atom is -0.379 e. The van der Waals surface area contributed by atoms with Gasteiger partial charge in [0, 0.05) is 50.9 Å². The van der Waals surface area contributed by atoms with Crippen LogP contribution < -0.4 is 5.32 Å². The highest BCUT2D eigenvalue weighted by atomic mass is 127. The van der Waals surface area contributed by atoms with Gasteiger partial charge >= 0.3 is 0 Å². The molecule has 2 saturated heterocycles. The van der Waals surface area contributed by atoms with Gasteiger partial charge in [-0.05, 0) is 31.0 Å². The normalized spacial score (nSPS) is 22.0. The minimum atomic E-state index is -0.102. The zero-order valence-electron chi connectivity index (χ0n) is 16.8. The van der Waals surface area contributed by atoms with Crippen molar-refractivity contribution in [2.75, 3.05) is 59.6 Å². The average molecular weight is 523 g/mol. The largest absolute Gasteiger partial charge is 0.379 e. The van der Waals surface area contributed by atoms with Gasteiger partial charge in [0.15, 0.2) is 5.96 Å². The van der Waals surface area contributed by atoms with E-state index in [-0.39, 0.29) is 30.1 Å². The van der Waals surface area contributed by atoms with E-state index in [1.807, 2.05) is 24.3 Å². The van der Waals surface area contributed by atoms with Crippen molar-refractivity contribution in [3.05, 3.63) is 34.9 Å². The van der Waals surface area contributed by atoms with Crippen molar-refractivity contribution in [3.63, 3.8) is 0 Å². The Bertz CT molecular complexity index is 628. The second kappa shape index (κ2) is 12.2. The SMILES string of the molecule is CCNC(=NCC(OC)c1cccc(Cl)c1)N1CCC(N2CCOCC2)C1.I. The van der Waals surface area contributed by atoms with E-state index in [0.29, 0.717) is 12.6 Å². The third-order valence-electron chi connectivity index (χ3n) is 5.27. The highest BCUT2D eigenvalue weighted by Crippen LogP contribution is 2.21. The molecule has 2 atom stereocenters. The lowest BCUT2D eigenvalue weighted by atomic mass is 10.1. The van der Waals surface area contributed by atoms with E-state index in [9.17, 15) is 0 Å². The van der Waals surface area contributed by atoms with Gasteiger partial charge in [0.05, 0.1) is 19.8 Å². The summed E-state index contributed by atoms with van der Waals surface area (Å²) in [6.45, 7) is 9.34. The summed E-state index contributed by atoms with van der Waals surface area (Å²) in [4.78, 5) is 9.79. The van der Waals surface area contributed by atoms with Crippen LogP contribution in [0.15, 0.2) is 29.3 Å². The highest BCUT2D eigenvalue weighted by molar-refractivity contribution is 14.0. The van der Waals surface area contributed by atoms with Gasteiger partial charge in [0.25, 0.3) is 0 Å². The first-order valence-corrected chi connectivity index (χ1v) is 10.2. The van der Waals surface area contributed by atoms with Gasteiger partial charge in [-0.2, -0.15) is 0 Å². The van der Waals surface area contributed by atoms with Crippen LogP contribution in [-0.4, -0.2) is 81.4 Å². The van der Waals surface area contributed by atoms with Crippen LogP contribution >= 0.6 is 35.6 Å². The van der Waals surface area contributed by atoms with Crippen LogP contribution in [0.5, 0.6) is 0 Å².